The maximum atomic E-state index is 11.7. The number of carbonyl (C=O) groups excluding carboxylic acids is 1. The first-order valence-corrected chi connectivity index (χ1v) is 5.09. The first-order chi connectivity index (χ1) is 6.79. The minimum atomic E-state index is 0.294. The third-order valence-corrected chi connectivity index (χ3v) is 3.50. The smallest absolute Gasteiger partial charge is 0.226 e. The molecular weight excluding hydrogens is 174 g/mol. The first-order valence-electron chi connectivity index (χ1n) is 5.09. The second kappa shape index (κ2) is 2.59. The van der Waals surface area contributed by atoms with Crippen molar-refractivity contribution in [1.29, 1.82) is 0 Å². The zero-order chi connectivity index (χ0) is 9.71. The summed E-state index contributed by atoms with van der Waals surface area (Å²) in [7, 11) is 1.90. The number of carbonyl (C=O) groups is 1. The Morgan fingerprint density at radius 2 is 1.93 bits per heavy atom. The van der Waals surface area contributed by atoms with Crippen LogP contribution in [0.4, 0.5) is 0 Å². The highest BCUT2D eigenvalue weighted by Gasteiger charge is 2.60. The Labute approximate surface area is 83.5 Å². The van der Waals surface area contributed by atoms with E-state index < -0.39 is 0 Å². The molecule has 1 saturated carbocycles. The highest BCUT2D eigenvalue weighted by atomic mass is 16.2. The number of amides is 1. The fraction of sp³-hybridized carbons (Fsp3) is 0.417. The van der Waals surface area contributed by atoms with Crippen molar-refractivity contribution in [1.82, 2.24) is 4.90 Å². The molecule has 1 saturated heterocycles. The molecular formula is C12H13NO. The van der Waals surface area contributed by atoms with Crippen molar-refractivity contribution in [3.05, 3.63) is 35.9 Å². The summed E-state index contributed by atoms with van der Waals surface area (Å²) in [4.78, 5) is 13.5. The minimum Gasteiger partial charge on any atom is -0.345 e. The molecule has 1 aromatic rings. The molecule has 2 fully saturated rings. The Hall–Kier alpha value is -1.31. The monoisotopic (exact) mass is 187 g/mol. The molecule has 0 spiro atoms. The van der Waals surface area contributed by atoms with Gasteiger partial charge in [-0.15, -0.1) is 0 Å². The Morgan fingerprint density at radius 3 is 2.50 bits per heavy atom. The normalized spacial score (nSPS) is 34.5. The maximum Gasteiger partial charge on any atom is 0.226 e. The van der Waals surface area contributed by atoms with E-state index in [4.69, 9.17) is 0 Å². The van der Waals surface area contributed by atoms with Crippen LogP contribution in [0, 0.1) is 11.8 Å². The molecule has 1 heterocycles. The van der Waals surface area contributed by atoms with Crippen LogP contribution in [0.15, 0.2) is 30.3 Å². The summed E-state index contributed by atoms with van der Waals surface area (Å²) in [6.07, 6.45) is 0. The van der Waals surface area contributed by atoms with E-state index in [1.165, 1.54) is 5.56 Å². The van der Waals surface area contributed by atoms with Crippen LogP contribution in [0.5, 0.6) is 0 Å². The minimum absolute atomic E-state index is 0.294. The van der Waals surface area contributed by atoms with Crippen LogP contribution in [0.1, 0.15) is 11.5 Å². The molecule has 14 heavy (non-hydrogen) atoms. The highest BCUT2D eigenvalue weighted by Crippen LogP contribution is 2.58. The molecule has 1 aliphatic heterocycles. The number of hydrogen-bond acceptors (Lipinski definition) is 1. The Morgan fingerprint density at radius 1 is 1.21 bits per heavy atom. The summed E-state index contributed by atoms with van der Waals surface area (Å²) < 4.78 is 0. The van der Waals surface area contributed by atoms with Crippen molar-refractivity contribution in [3.63, 3.8) is 0 Å². The SMILES string of the molecule is CN1C[C@@H]2[C@H](C1=O)[C@H]2c1ccccc1. The van der Waals surface area contributed by atoms with Crippen LogP contribution in [0.25, 0.3) is 0 Å². The summed E-state index contributed by atoms with van der Waals surface area (Å²) in [6, 6.07) is 10.4. The number of likely N-dealkylation sites (tertiary alicyclic amines) is 1. The van der Waals surface area contributed by atoms with Gasteiger partial charge in [-0.25, -0.2) is 0 Å². The van der Waals surface area contributed by atoms with Crippen molar-refractivity contribution in [2.75, 3.05) is 13.6 Å². The number of benzene rings is 1. The number of piperidine rings is 1. The summed E-state index contributed by atoms with van der Waals surface area (Å²) >= 11 is 0. The zero-order valence-electron chi connectivity index (χ0n) is 8.18. The second-order valence-electron chi connectivity index (χ2n) is 4.34. The van der Waals surface area contributed by atoms with E-state index in [-0.39, 0.29) is 0 Å². The second-order valence-corrected chi connectivity index (χ2v) is 4.34. The fourth-order valence-electron chi connectivity index (χ4n) is 2.73. The molecule has 0 aromatic heterocycles. The zero-order valence-corrected chi connectivity index (χ0v) is 8.18. The van der Waals surface area contributed by atoms with Gasteiger partial charge in [-0.05, 0) is 11.5 Å². The lowest BCUT2D eigenvalue weighted by Crippen LogP contribution is -2.24. The van der Waals surface area contributed by atoms with Crippen LogP contribution < -0.4 is 0 Å². The van der Waals surface area contributed by atoms with Gasteiger partial charge in [0.2, 0.25) is 5.91 Å². The van der Waals surface area contributed by atoms with Gasteiger partial charge in [-0.1, -0.05) is 30.3 Å². The lowest BCUT2D eigenvalue weighted by Gasteiger charge is -2.13. The van der Waals surface area contributed by atoms with Crippen molar-refractivity contribution in [2.45, 2.75) is 5.92 Å². The van der Waals surface area contributed by atoms with Gasteiger partial charge >= 0.3 is 0 Å². The fourth-order valence-corrected chi connectivity index (χ4v) is 2.73. The van der Waals surface area contributed by atoms with Crippen molar-refractivity contribution >= 4 is 5.91 Å². The van der Waals surface area contributed by atoms with Gasteiger partial charge in [-0.2, -0.15) is 0 Å². The van der Waals surface area contributed by atoms with Crippen molar-refractivity contribution < 1.29 is 4.79 Å². The molecule has 0 unspecified atom stereocenters. The summed E-state index contributed by atoms with van der Waals surface area (Å²) in [5, 5.41) is 0. The van der Waals surface area contributed by atoms with Crippen LogP contribution in [0.2, 0.25) is 0 Å². The van der Waals surface area contributed by atoms with Crippen LogP contribution in [-0.2, 0) is 4.79 Å². The molecule has 2 heteroatoms. The maximum absolute atomic E-state index is 11.7. The first kappa shape index (κ1) is 8.04. The summed E-state index contributed by atoms with van der Waals surface area (Å²) in [5.74, 6) is 1.74. The Bertz CT molecular complexity index is 373. The van der Waals surface area contributed by atoms with Gasteiger partial charge in [-0.3, -0.25) is 4.79 Å². The van der Waals surface area contributed by atoms with Gasteiger partial charge in [0.1, 0.15) is 0 Å². The Balaban J connectivity index is 1.85. The summed E-state index contributed by atoms with van der Waals surface area (Å²) in [6.45, 7) is 0.947. The number of nitrogens with zero attached hydrogens (tertiary/aromatic N) is 1. The molecule has 2 nitrogen and oxygen atoms in total. The predicted molar refractivity (Wildman–Crippen MR) is 53.8 cm³/mol. The average molecular weight is 187 g/mol. The molecule has 1 aromatic carbocycles. The van der Waals surface area contributed by atoms with Gasteiger partial charge < -0.3 is 4.90 Å². The molecule has 0 bridgehead atoms. The van der Waals surface area contributed by atoms with Crippen molar-refractivity contribution in [3.8, 4) is 0 Å². The number of hydrogen-bond donors (Lipinski definition) is 0. The van der Waals surface area contributed by atoms with Crippen LogP contribution >= 0.6 is 0 Å². The Kier molecular flexibility index (Phi) is 1.49. The third kappa shape index (κ3) is 0.939. The quantitative estimate of drug-likeness (QED) is 0.652. The molecule has 3 rings (SSSR count). The highest BCUT2D eigenvalue weighted by molar-refractivity contribution is 5.86. The largest absolute Gasteiger partial charge is 0.345 e. The van der Waals surface area contributed by atoms with Gasteiger partial charge in [0.15, 0.2) is 0 Å². The molecule has 0 radical (unpaired) electrons. The number of fused-ring (bicyclic) bond motifs is 1. The summed E-state index contributed by atoms with van der Waals surface area (Å²) in [5.41, 5.74) is 1.34. The van der Waals surface area contributed by atoms with E-state index in [1.54, 1.807) is 0 Å². The lowest BCUT2D eigenvalue weighted by molar-refractivity contribution is -0.128. The van der Waals surface area contributed by atoms with E-state index >= 15 is 0 Å². The van der Waals surface area contributed by atoms with E-state index in [0.717, 1.165) is 6.54 Å². The van der Waals surface area contributed by atoms with Gasteiger partial charge in [0, 0.05) is 19.5 Å². The molecule has 1 aliphatic carbocycles. The molecule has 3 atom stereocenters. The molecule has 72 valence electrons. The van der Waals surface area contributed by atoms with Crippen LogP contribution in [-0.4, -0.2) is 24.4 Å². The van der Waals surface area contributed by atoms with Gasteiger partial charge in [0.05, 0.1) is 5.92 Å². The molecule has 1 amide bonds. The van der Waals surface area contributed by atoms with Crippen LogP contribution in [0.3, 0.4) is 0 Å². The average Bonchev–Trinajstić information content (AvgIpc) is 2.84. The lowest BCUT2D eigenvalue weighted by atomic mass is 10.1. The van der Waals surface area contributed by atoms with E-state index in [9.17, 15) is 4.79 Å². The van der Waals surface area contributed by atoms with E-state index in [1.807, 2.05) is 18.0 Å². The molecule has 2 aliphatic rings. The van der Waals surface area contributed by atoms with Crippen molar-refractivity contribution in [2.24, 2.45) is 11.8 Å². The van der Waals surface area contributed by atoms with E-state index in [2.05, 4.69) is 24.3 Å². The van der Waals surface area contributed by atoms with E-state index in [0.29, 0.717) is 23.7 Å². The predicted octanol–water partition coefficient (Wildman–Crippen LogP) is 1.49. The standard InChI is InChI=1S/C12H13NO/c1-13-7-9-10(11(9)12(13)14)8-5-3-2-4-6-8/h2-6,9-11H,7H2,1H3/t9-,10-,11-/m0/s1. The number of rotatable bonds is 1. The molecule has 0 N–H and O–H groups in total. The third-order valence-electron chi connectivity index (χ3n) is 3.50. The topological polar surface area (TPSA) is 20.3 Å². The van der Waals surface area contributed by atoms with Gasteiger partial charge in [0.25, 0.3) is 0 Å².